The maximum Gasteiger partial charge on any atom is 0.418 e. The fourth-order valence-electron chi connectivity index (χ4n) is 2.00. The Bertz CT molecular complexity index is 761. The zero-order chi connectivity index (χ0) is 16.5. The van der Waals surface area contributed by atoms with Gasteiger partial charge in [-0.25, -0.2) is 4.68 Å². The number of aromatic nitrogens is 2. The van der Waals surface area contributed by atoms with Crippen LogP contribution in [-0.2, 0) is 17.4 Å². The number of carbonyl (C=O) groups is 1. The molecule has 0 spiro atoms. The average molecular weight is 316 g/mol. The Balaban J connectivity index is 2.54. The van der Waals surface area contributed by atoms with E-state index in [4.69, 9.17) is 5.11 Å². The second kappa shape index (κ2) is 5.58. The number of aliphatic carboxylic acids is 1. The molecule has 0 unspecified atom stereocenters. The molecule has 9 heteroatoms. The number of alkyl halides is 3. The van der Waals surface area contributed by atoms with E-state index in [0.717, 1.165) is 12.1 Å². The summed E-state index contributed by atoms with van der Waals surface area (Å²) in [5.41, 5.74) is -2.61. The molecule has 0 saturated carbocycles. The quantitative estimate of drug-likeness (QED) is 0.803. The van der Waals surface area contributed by atoms with Gasteiger partial charge in [0.1, 0.15) is 0 Å². The van der Waals surface area contributed by atoms with Crippen molar-refractivity contribution in [2.24, 2.45) is 0 Å². The molecule has 22 heavy (non-hydrogen) atoms. The smallest absolute Gasteiger partial charge is 0.418 e. The summed E-state index contributed by atoms with van der Waals surface area (Å²) < 4.78 is 39.5. The zero-order valence-corrected chi connectivity index (χ0v) is 11.0. The number of para-hydroxylation sites is 1. The third-order valence-corrected chi connectivity index (χ3v) is 3.01. The van der Waals surface area contributed by atoms with Crippen molar-refractivity contribution in [3.05, 3.63) is 45.7 Å². The summed E-state index contributed by atoms with van der Waals surface area (Å²) in [6, 6.07) is 4.39. The van der Waals surface area contributed by atoms with Crippen molar-refractivity contribution in [3.8, 4) is 11.6 Å². The molecule has 118 valence electrons. The monoisotopic (exact) mass is 316 g/mol. The van der Waals surface area contributed by atoms with Gasteiger partial charge in [-0.05, 0) is 18.6 Å². The topological polar surface area (TPSA) is 95.3 Å². The summed E-state index contributed by atoms with van der Waals surface area (Å²) in [5, 5.41) is 20.6. The van der Waals surface area contributed by atoms with Crippen molar-refractivity contribution in [2.75, 3.05) is 0 Å². The number of halogens is 3. The Hall–Kier alpha value is -2.71. The lowest BCUT2D eigenvalue weighted by Gasteiger charge is -2.13. The van der Waals surface area contributed by atoms with E-state index in [1.54, 1.807) is 0 Å². The molecule has 0 bridgehead atoms. The number of hydrogen-bond donors (Lipinski definition) is 3. The van der Waals surface area contributed by atoms with Gasteiger partial charge in [0.2, 0.25) is 5.88 Å². The SMILES string of the molecule is O=C(O)CCc1c(O)n(-c2ccccc2C(F)(F)F)[nH]c1=O. The number of aromatic hydroxyl groups is 1. The Morgan fingerprint density at radius 3 is 2.50 bits per heavy atom. The number of nitrogens with zero attached hydrogens (tertiary/aromatic N) is 1. The standard InChI is InChI=1S/C13H11F3N2O4/c14-13(15,16)8-3-1-2-4-9(8)18-12(22)7(11(21)17-18)5-6-10(19)20/h1-4,22H,5-6H2,(H,17,21)(H,19,20). The van der Waals surface area contributed by atoms with E-state index in [2.05, 4.69) is 5.10 Å². The van der Waals surface area contributed by atoms with Crippen molar-refractivity contribution in [1.29, 1.82) is 0 Å². The minimum atomic E-state index is -4.68. The van der Waals surface area contributed by atoms with Gasteiger partial charge in [0.05, 0.1) is 16.8 Å². The van der Waals surface area contributed by atoms with Gasteiger partial charge in [-0.3, -0.25) is 14.7 Å². The summed E-state index contributed by atoms with van der Waals surface area (Å²) >= 11 is 0. The highest BCUT2D eigenvalue weighted by molar-refractivity contribution is 5.67. The average Bonchev–Trinajstić information content (AvgIpc) is 2.70. The van der Waals surface area contributed by atoms with Crippen LogP contribution in [0, 0.1) is 0 Å². The van der Waals surface area contributed by atoms with Crippen LogP contribution in [0.25, 0.3) is 5.69 Å². The molecule has 0 aliphatic carbocycles. The fraction of sp³-hybridized carbons (Fsp3) is 0.231. The predicted molar refractivity (Wildman–Crippen MR) is 69.0 cm³/mol. The van der Waals surface area contributed by atoms with Crippen molar-refractivity contribution < 1.29 is 28.2 Å². The van der Waals surface area contributed by atoms with Crippen molar-refractivity contribution >= 4 is 5.97 Å². The van der Waals surface area contributed by atoms with Gasteiger partial charge >= 0.3 is 12.1 Å². The normalized spacial score (nSPS) is 11.6. The predicted octanol–water partition coefficient (Wildman–Crippen LogP) is 1.91. The van der Waals surface area contributed by atoms with Crippen LogP contribution in [0.3, 0.4) is 0 Å². The van der Waals surface area contributed by atoms with Crippen LogP contribution in [0.1, 0.15) is 17.5 Å². The third-order valence-electron chi connectivity index (χ3n) is 3.01. The molecule has 2 rings (SSSR count). The molecule has 0 fully saturated rings. The van der Waals surface area contributed by atoms with Gasteiger partial charge in [0.25, 0.3) is 5.56 Å². The summed E-state index contributed by atoms with van der Waals surface area (Å²) in [6.07, 6.45) is -5.40. The highest BCUT2D eigenvalue weighted by Crippen LogP contribution is 2.34. The van der Waals surface area contributed by atoms with Gasteiger partial charge in [-0.2, -0.15) is 13.2 Å². The van der Waals surface area contributed by atoms with Gasteiger partial charge in [-0.15, -0.1) is 0 Å². The van der Waals surface area contributed by atoms with Crippen LogP contribution in [0.15, 0.2) is 29.1 Å². The Labute approximate surface area is 121 Å². The number of benzene rings is 1. The van der Waals surface area contributed by atoms with E-state index in [1.807, 2.05) is 0 Å². The second-order valence-electron chi connectivity index (χ2n) is 4.49. The first-order valence-corrected chi connectivity index (χ1v) is 6.13. The molecular formula is C13H11F3N2O4. The number of aromatic amines is 1. The molecule has 0 aliphatic heterocycles. The van der Waals surface area contributed by atoms with E-state index in [-0.39, 0.29) is 12.0 Å². The lowest BCUT2D eigenvalue weighted by Crippen LogP contribution is -2.13. The number of carboxylic acids is 1. The van der Waals surface area contributed by atoms with Crippen LogP contribution >= 0.6 is 0 Å². The maximum absolute atomic E-state index is 13.0. The summed E-state index contributed by atoms with van der Waals surface area (Å²) in [6.45, 7) is 0. The molecule has 0 aliphatic rings. The first-order chi connectivity index (χ1) is 10.2. The van der Waals surface area contributed by atoms with Gasteiger partial charge in [0, 0.05) is 6.42 Å². The lowest BCUT2D eigenvalue weighted by molar-refractivity contribution is -0.138. The number of nitrogens with one attached hydrogen (secondary N) is 1. The molecule has 3 N–H and O–H groups in total. The Morgan fingerprint density at radius 1 is 1.27 bits per heavy atom. The van der Waals surface area contributed by atoms with Crippen molar-refractivity contribution in [1.82, 2.24) is 9.78 Å². The molecule has 0 atom stereocenters. The summed E-state index contributed by atoms with van der Waals surface area (Å²) in [7, 11) is 0. The molecular weight excluding hydrogens is 305 g/mol. The van der Waals surface area contributed by atoms with Crippen LogP contribution < -0.4 is 5.56 Å². The van der Waals surface area contributed by atoms with Gasteiger partial charge in [0.15, 0.2) is 0 Å². The summed E-state index contributed by atoms with van der Waals surface area (Å²) in [5.74, 6) is -1.93. The zero-order valence-electron chi connectivity index (χ0n) is 11.0. The fourth-order valence-corrected chi connectivity index (χ4v) is 2.00. The van der Waals surface area contributed by atoms with E-state index in [0.29, 0.717) is 4.68 Å². The molecule has 0 amide bonds. The molecule has 2 aromatic rings. The van der Waals surface area contributed by atoms with E-state index >= 15 is 0 Å². The van der Waals surface area contributed by atoms with Crippen LogP contribution in [0.5, 0.6) is 5.88 Å². The molecule has 0 radical (unpaired) electrons. The van der Waals surface area contributed by atoms with Gasteiger partial charge < -0.3 is 10.2 Å². The van der Waals surface area contributed by atoms with E-state index in [1.165, 1.54) is 12.1 Å². The Kier molecular flexibility index (Phi) is 3.98. The largest absolute Gasteiger partial charge is 0.493 e. The molecule has 1 aromatic carbocycles. The minimum absolute atomic E-state index is 0.278. The molecule has 0 saturated heterocycles. The van der Waals surface area contributed by atoms with Crippen LogP contribution in [0.2, 0.25) is 0 Å². The highest BCUT2D eigenvalue weighted by Gasteiger charge is 2.34. The lowest BCUT2D eigenvalue weighted by atomic mass is 10.1. The van der Waals surface area contributed by atoms with Gasteiger partial charge in [-0.1, -0.05) is 12.1 Å². The molecule has 1 aromatic heterocycles. The molecule has 6 nitrogen and oxygen atoms in total. The van der Waals surface area contributed by atoms with Crippen molar-refractivity contribution in [2.45, 2.75) is 19.0 Å². The minimum Gasteiger partial charge on any atom is -0.493 e. The first kappa shape index (κ1) is 15.7. The number of H-pyrrole nitrogens is 1. The number of rotatable bonds is 4. The maximum atomic E-state index is 13.0. The number of carboxylic acid groups (broad SMARTS) is 1. The first-order valence-electron chi connectivity index (χ1n) is 6.13. The number of hydrogen-bond acceptors (Lipinski definition) is 3. The third kappa shape index (κ3) is 2.97. The molecule has 1 heterocycles. The highest BCUT2D eigenvalue weighted by atomic mass is 19.4. The van der Waals surface area contributed by atoms with E-state index in [9.17, 15) is 27.9 Å². The van der Waals surface area contributed by atoms with Crippen LogP contribution in [0.4, 0.5) is 13.2 Å². The second-order valence-corrected chi connectivity index (χ2v) is 4.49. The summed E-state index contributed by atoms with van der Waals surface area (Å²) in [4.78, 5) is 22.2. The van der Waals surface area contributed by atoms with Crippen molar-refractivity contribution in [3.63, 3.8) is 0 Å². The van der Waals surface area contributed by atoms with Crippen LogP contribution in [-0.4, -0.2) is 26.0 Å². The Morgan fingerprint density at radius 2 is 1.91 bits per heavy atom. The van der Waals surface area contributed by atoms with E-state index < -0.39 is 41.3 Å².